The van der Waals surface area contributed by atoms with E-state index >= 15 is 0 Å². The Morgan fingerprint density at radius 2 is 1.66 bits per heavy atom. The molecule has 1 aliphatic rings. The number of aryl methyl sites for hydroxylation is 1. The van der Waals surface area contributed by atoms with Crippen molar-refractivity contribution in [3.05, 3.63) is 97.5 Å². The fraction of sp³-hybridized carbons (Fsp3) is 0.0800. The van der Waals surface area contributed by atoms with E-state index in [1.807, 2.05) is 73.7 Å². The van der Waals surface area contributed by atoms with Crippen molar-refractivity contribution in [3.63, 3.8) is 0 Å². The molecule has 1 aromatic heterocycles. The minimum absolute atomic E-state index is 0.209. The summed E-state index contributed by atoms with van der Waals surface area (Å²) in [6.45, 7) is 3.61. The third-order valence-electron chi connectivity index (χ3n) is 5.55. The third-order valence-corrected chi connectivity index (χ3v) is 6.27. The van der Waals surface area contributed by atoms with Gasteiger partial charge in [-0.05, 0) is 78.2 Å². The van der Waals surface area contributed by atoms with Crippen LogP contribution in [0.15, 0.2) is 82.2 Å². The molecule has 0 aliphatic carbocycles. The monoisotopic (exact) mass is 534 g/mol. The van der Waals surface area contributed by atoms with Crippen molar-refractivity contribution in [1.82, 2.24) is 9.78 Å². The van der Waals surface area contributed by atoms with E-state index in [4.69, 9.17) is 0 Å². The molecule has 6 nitrogen and oxygen atoms in total. The molecule has 4 aromatic rings. The molecule has 2 heterocycles. The number of rotatable bonds is 3. The lowest BCUT2D eigenvalue weighted by Crippen LogP contribution is -2.22. The molecule has 1 amide bonds. The van der Waals surface area contributed by atoms with E-state index in [1.54, 1.807) is 13.0 Å². The van der Waals surface area contributed by atoms with Crippen LogP contribution in [0.25, 0.3) is 22.5 Å². The summed E-state index contributed by atoms with van der Waals surface area (Å²) in [5.74, 6) is -0.250. The molecule has 158 valence electrons. The van der Waals surface area contributed by atoms with E-state index in [0.717, 1.165) is 20.0 Å². The summed E-state index contributed by atoms with van der Waals surface area (Å²) in [5, 5.41) is 11.0. The van der Waals surface area contributed by atoms with Gasteiger partial charge in [-0.3, -0.25) is 14.7 Å². The largest absolute Gasteiger partial charge is 0.295 e. The first-order valence-electron chi connectivity index (χ1n) is 10.1. The highest BCUT2D eigenvalue weighted by Gasteiger charge is 2.29. The van der Waals surface area contributed by atoms with Crippen molar-refractivity contribution >= 4 is 56.7 Å². The lowest BCUT2D eigenvalue weighted by Gasteiger charge is -2.11. The second kappa shape index (κ2) is 7.90. The summed E-state index contributed by atoms with van der Waals surface area (Å²) in [6.07, 6.45) is 1.64. The van der Waals surface area contributed by atoms with Crippen LogP contribution in [0, 0.1) is 10.5 Å². The maximum atomic E-state index is 13.3. The maximum Gasteiger partial charge on any atom is 0.280 e. The number of amides is 1. The number of hydrogen-bond acceptors (Lipinski definition) is 3. The number of aromatic amines is 1. The highest BCUT2D eigenvalue weighted by atomic mass is 127. The molecule has 1 aliphatic heterocycles. The number of nitrogens with one attached hydrogen (secondary N) is 1. The molecule has 0 radical (unpaired) electrons. The van der Waals surface area contributed by atoms with E-state index in [0.29, 0.717) is 28.2 Å². The van der Waals surface area contributed by atoms with Crippen molar-refractivity contribution in [2.45, 2.75) is 13.8 Å². The van der Waals surface area contributed by atoms with Gasteiger partial charge in [-0.15, -0.1) is 0 Å². The second-order valence-electron chi connectivity index (χ2n) is 7.63. The van der Waals surface area contributed by atoms with E-state index in [9.17, 15) is 9.59 Å². The van der Waals surface area contributed by atoms with E-state index in [1.165, 1.54) is 9.69 Å². The number of benzene rings is 3. The summed E-state index contributed by atoms with van der Waals surface area (Å²) >= 11 is 2.22. The molecule has 7 heteroatoms. The van der Waals surface area contributed by atoms with Crippen LogP contribution in [0.3, 0.4) is 0 Å². The van der Waals surface area contributed by atoms with Crippen molar-refractivity contribution in [2.75, 3.05) is 5.01 Å². The first kappa shape index (κ1) is 20.4. The van der Waals surface area contributed by atoms with Gasteiger partial charge in [0.05, 0.1) is 28.2 Å². The van der Waals surface area contributed by atoms with Crippen LogP contribution in [0.5, 0.6) is 0 Å². The number of hydrogen-bond donors (Lipinski definition) is 1. The number of halogens is 1. The fourth-order valence-electron chi connectivity index (χ4n) is 3.89. The quantitative estimate of drug-likeness (QED) is 0.296. The predicted molar refractivity (Wildman–Crippen MR) is 136 cm³/mol. The zero-order valence-electron chi connectivity index (χ0n) is 17.5. The van der Waals surface area contributed by atoms with Gasteiger partial charge >= 0.3 is 0 Å². The Morgan fingerprint density at radius 1 is 0.938 bits per heavy atom. The van der Waals surface area contributed by atoms with Gasteiger partial charge in [0.25, 0.3) is 11.5 Å². The van der Waals surface area contributed by atoms with Crippen LogP contribution in [-0.4, -0.2) is 21.4 Å². The average Bonchev–Trinajstić information content (AvgIpc) is 3.24. The van der Waals surface area contributed by atoms with Gasteiger partial charge in [-0.25, -0.2) is 4.68 Å². The lowest BCUT2D eigenvalue weighted by atomic mass is 10.1. The molecule has 0 atom stereocenters. The number of carbonyl (C=O) groups excluding carboxylic acids is 1. The van der Waals surface area contributed by atoms with E-state index in [2.05, 4.69) is 32.8 Å². The summed E-state index contributed by atoms with van der Waals surface area (Å²) in [4.78, 5) is 26.4. The molecule has 0 bridgehead atoms. The van der Waals surface area contributed by atoms with Gasteiger partial charge in [0.1, 0.15) is 0 Å². The molecule has 32 heavy (non-hydrogen) atoms. The Bertz CT molecular complexity index is 1490. The van der Waals surface area contributed by atoms with Gasteiger partial charge in [-0.2, -0.15) is 10.1 Å². The molecule has 3 aromatic carbocycles. The Labute approximate surface area is 198 Å². The Kier molecular flexibility index (Phi) is 5.05. The Hall–Kier alpha value is -3.46. The van der Waals surface area contributed by atoms with Gasteiger partial charge in [0.15, 0.2) is 0 Å². The topological polar surface area (TPSA) is 70.5 Å². The van der Waals surface area contributed by atoms with Crippen LogP contribution in [0.1, 0.15) is 18.2 Å². The van der Waals surface area contributed by atoms with Crippen molar-refractivity contribution in [2.24, 2.45) is 5.10 Å². The number of fused-ring (bicyclic) bond motifs is 1. The van der Waals surface area contributed by atoms with Crippen LogP contribution >= 0.6 is 22.6 Å². The van der Waals surface area contributed by atoms with E-state index in [-0.39, 0.29) is 11.5 Å². The minimum Gasteiger partial charge on any atom is -0.295 e. The smallest absolute Gasteiger partial charge is 0.280 e. The second-order valence-corrected chi connectivity index (χ2v) is 8.87. The van der Waals surface area contributed by atoms with Gasteiger partial charge in [0.2, 0.25) is 0 Å². The van der Waals surface area contributed by atoms with Crippen LogP contribution in [-0.2, 0) is 4.79 Å². The summed E-state index contributed by atoms with van der Waals surface area (Å²) in [5.41, 5.74) is 3.36. The molecule has 0 unspecified atom stereocenters. The van der Waals surface area contributed by atoms with Crippen molar-refractivity contribution in [3.8, 4) is 5.69 Å². The molecular formula is C25H19IN4O2. The normalized spacial score (nSPS) is 15.1. The molecular weight excluding hydrogens is 515 g/mol. The van der Waals surface area contributed by atoms with Crippen LogP contribution < -0.4 is 10.6 Å². The number of nitrogens with zero attached hydrogens (tertiary/aromatic N) is 3. The van der Waals surface area contributed by atoms with Gasteiger partial charge in [0, 0.05) is 14.7 Å². The third kappa shape index (κ3) is 3.38. The molecule has 0 fully saturated rings. The minimum atomic E-state index is -0.250. The Morgan fingerprint density at radius 3 is 2.44 bits per heavy atom. The number of aromatic nitrogens is 2. The molecule has 0 spiro atoms. The van der Waals surface area contributed by atoms with Crippen molar-refractivity contribution in [1.29, 1.82) is 0 Å². The Balaban J connectivity index is 1.58. The van der Waals surface area contributed by atoms with Gasteiger partial charge < -0.3 is 0 Å². The van der Waals surface area contributed by atoms with Crippen LogP contribution in [0.4, 0.5) is 5.69 Å². The summed E-state index contributed by atoms with van der Waals surface area (Å²) in [7, 11) is 0. The number of hydrazone groups is 1. The first-order valence-corrected chi connectivity index (χ1v) is 11.2. The molecule has 0 saturated heterocycles. The predicted octanol–water partition coefficient (Wildman–Crippen LogP) is 5.04. The average molecular weight is 534 g/mol. The number of H-pyrrole nitrogens is 1. The van der Waals surface area contributed by atoms with Gasteiger partial charge in [-0.1, -0.05) is 36.4 Å². The molecule has 0 saturated carbocycles. The zero-order chi connectivity index (χ0) is 22.4. The zero-order valence-corrected chi connectivity index (χ0v) is 19.6. The van der Waals surface area contributed by atoms with E-state index < -0.39 is 0 Å². The lowest BCUT2D eigenvalue weighted by molar-refractivity contribution is -0.114. The van der Waals surface area contributed by atoms with Crippen LogP contribution in [0.2, 0.25) is 0 Å². The molecule has 5 rings (SSSR count). The van der Waals surface area contributed by atoms with Crippen molar-refractivity contribution < 1.29 is 4.79 Å². The number of anilines is 1. The highest BCUT2D eigenvalue weighted by molar-refractivity contribution is 14.1. The SMILES string of the molecule is CC1=NN(c2ccc(I)cc2)C(=O)/C1=C\c1c(C)[nH]n(-c2cccc3ccccc23)c1=O. The molecule has 1 N–H and O–H groups in total. The first-order chi connectivity index (χ1) is 15.4. The summed E-state index contributed by atoms with van der Waals surface area (Å²) in [6, 6.07) is 21.3. The number of carbonyl (C=O) groups is 1. The summed E-state index contributed by atoms with van der Waals surface area (Å²) < 4.78 is 2.61. The fourth-order valence-corrected chi connectivity index (χ4v) is 4.25. The maximum absolute atomic E-state index is 13.3. The standard InChI is InChI=1S/C25H19IN4O2/c1-15-21(24(31)29(27-15)19-12-10-18(26)11-13-19)14-22-16(2)28-30(25(22)32)23-9-5-7-17-6-3-4-8-20(17)23/h3-14,28H,1-2H3/b21-14-. The highest BCUT2D eigenvalue weighted by Crippen LogP contribution is 2.26.